The largest absolute Gasteiger partial charge is 0.456 e. The smallest absolute Gasteiger partial charge is 0.186 e. The Morgan fingerprint density at radius 2 is 1.39 bits per heavy atom. The summed E-state index contributed by atoms with van der Waals surface area (Å²) in [6.07, 6.45) is 2.01. The maximum absolute atomic E-state index is 12.3. The number of aromatic nitrogens is 2. The zero-order valence-electron chi connectivity index (χ0n) is 18.9. The summed E-state index contributed by atoms with van der Waals surface area (Å²) in [5.74, 6) is 2.04. The van der Waals surface area contributed by atoms with Gasteiger partial charge in [0.2, 0.25) is 0 Å². The van der Waals surface area contributed by atoms with E-state index in [1.54, 1.807) is 0 Å². The number of hydrogen-bond donors (Lipinski definition) is 1. The van der Waals surface area contributed by atoms with Crippen molar-refractivity contribution >= 4 is 11.5 Å². The van der Waals surface area contributed by atoms with E-state index in [-0.39, 0.29) is 11.0 Å². The minimum absolute atomic E-state index is 0.0869. The highest BCUT2D eigenvalue weighted by Gasteiger charge is 2.19. The molecule has 0 atom stereocenters. The molecule has 0 saturated heterocycles. The van der Waals surface area contributed by atoms with Gasteiger partial charge in [0.15, 0.2) is 5.43 Å². The molecule has 0 spiro atoms. The molecule has 2 aromatic carbocycles. The van der Waals surface area contributed by atoms with Crippen molar-refractivity contribution < 1.29 is 4.42 Å². The van der Waals surface area contributed by atoms with Crippen LogP contribution in [0.3, 0.4) is 0 Å². The van der Waals surface area contributed by atoms with Gasteiger partial charge in [-0.2, -0.15) is 0 Å². The Morgan fingerprint density at radius 3 is 2.06 bits per heavy atom. The maximum Gasteiger partial charge on any atom is 0.186 e. The van der Waals surface area contributed by atoms with Crippen molar-refractivity contribution in [3.8, 4) is 33.9 Å². The van der Waals surface area contributed by atoms with Crippen LogP contribution in [0.1, 0.15) is 20.8 Å². The molecule has 0 aliphatic heterocycles. The van der Waals surface area contributed by atoms with Crippen LogP contribution in [0.5, 0.6) is 0 Å². The third kappa shape index (κ3) is 4.30. The Labute approximate surface area is 192 Å². The predicted molar refractivity (Wildman–Crippen MR) is 133 cm³/mol. The van der Waals surface area contributed by atoms with E-state index in [1.165, 1.54) is 12.1 Å². The second-order valence-electron chi connectivity index (χ2n) is 9.08. The van der Waals surface area contributed by atoms with Gasteiger partial charge in [-0.3, -0.25) is 9.20 Å². The summed E-state index contributed by atoms with van der Waals surface area (Å²) >= 11 is 0. The quantitative estimate of drug-likeness (QED) is 0.350. The van der Waals surface area contributed by atoms with Crippen molar-refractivity contribution in [3.05, 3.63) is 101 Å². The number of fused-ring (bicyclic) bond motifs is 1. The van der Waals surface area contributed by atoms with Crippen LogP contribution in [-0.4, -0.2) is 14.9 Å². The van der Waals surface area contributed by atoms with E-state index in [0.717, 1.165) is 33.8 Å². The molecule has 1 N–H and O–H groups in total. The van der Waals surface area contributed by atoms with Gasteiger partial charge in [-0.1, -0.05) is 60.7 Å². The number of rotatable bonds is 4. The van der Waals surface area contributed by atoms with Gasteiger partial charge >= 0.3 is 0 Å². The number of imidazole rings is 1. The van der Waals surface area contributed by atoms with Gasteiger partial charge in [0.25, 0.3) is 0 Å². The average Bonchev–Trinajstić information content (AvgIpc) is 3.16. The molecule has 0 aliphatic rings. The van der Waals surface area contributed by atoms with Crippen LogP contribution in [0.15, 0.2) is 100 Å². The second kappa shape index (κ2) is 8.10. The van der Waals surface area contributed by atoms with E-state index >= 15 is 0 Å². The van der Waals surface area contributed by atoms with Gasteiger partial charge in [0, 0.05) is 40.6 Å². The van der Waals surface area contributed by atoms with Gasteiger partial charge < -0.3 is 9.73 Å². The zero-order chi connectivity index (χ0) is 23.0. The zero-order valence-corrected chi connectivity index (χ0v) is 18.9. The molecular weight excluding hydrogens is 410 g/mol. The molecule has 0 amide bonds. The highest BCUT2D eigenvalue weighted by Crippen LogP contribution is 2.32. The number of benzene rings is 2. The van der Waals surface area contributed by atoms with E-state index in [2.05, 4.69) is 30.5 Å². The molecule has 33 heavy (non-hydrogen) atoms. The summed E-state index contributed by atoms with van der Waals surface area (Å²) in [5.41, 5.74) is 4.24. The molecule has 0 radical (unpaired) electrons. The minimum atomic E-state index is -0.123. The van der Waals surface area contributed by atoms with Gasteiger partial charge in [0.1, 0.15) is 28.7 Å². The van der Waals surface area contributed by atoms with Gasteiger partial charge in [0.05, 0.1) is 0 Å². The van der Waals surface area contributed by atoms with Crippen molar-refractivity contribution in [2.45, 2.75) is 26.3 Å². The topological polar surface area (TPSA) is 59.5 Å². The van der Waals surface area contributed by atoms with Crippen molar-refractivity contribution in [2.75, 3.05) is 5.32 Å². The fraction of sp³-hybridized carbons (Fsp3) is 0.143. The predicted octanol–water partition coefficient (Wildman–Crippen LogP) is 6.50. The number of hydrogen-bond acceptors (Lipinski definition) is 4. The molecule has 0 bridgehead atoms. The SMILES string of the molecule is CC(C)(C)Nc1c(-c2ccc(-c3cc(=O)cc(-c4ccccc4)o3)cc2)nc2ccccn12. The fourth-order valence-electron chi connectivity index (χ4n) is 3.83. The lowest BCUT2D eigenvalue weighted by Crippen LogP contribution is -2.27. The van der Waals surface area contributed by atoms with E-state index in [4.69, 9.17) is 9.40 Å². The first-order valence-electron chi connectivity index (χ1n) is 10.9. The van der Waals surface area contributed by atoms with Gasteiger partial charge in [-0.05, 0) is 32.9 Å². The number of pyridine rings is 1. The summed E-state index contributed by atoms with van der Waals surface area (Å²) in [6, 6.07) is 26.6. The van der Waals surface area contributed by atoms with Crippen LogP contribution in [0.2, 0.25) is 0 Å². The van der Waals surface area contributed by atoms with Gasteiger partial charge in [-0.15, -0.1) is 0 Å². The molecule has 5 rings (SSSR count). The molecule has 3 heterocycles. The van der Waals surface area contributed by atoms with Crippen molar-refractivity contribution in [2.24, 2.45) is 0 Å². The molecule has 0 saturated carbocycles. The Kier molecular flexibility index (Phi) is 5.09. The highest BCUT2D eigenvalue weighted by atomic mass is 16.3. The highest BCUT2D eigenvalue weighted by molar-refractivity contribution is 5.78. The fourth-order valence-corrected chi connectivity index (χ4v) is 3.83. The van der Waals surface area contributed by atoms with Crippen LogP contribution in [-0.2, 0) is 0 Å². The first-order valence-corrected chi connectivity index (χ1v) is 10.9. The second-order valence-corrected chi connectivity index (χ2v) is 9.08. The lowest BCUT2D eigenvalue weighted by atomic mass is 10.1. The van der Waals surface area contributed by atoms with Crippen LogP contribution < -0.4 is 10.7 Å². The molecule has 5 nitrogen and oxygen atoms in total. The Bertz CT molecular complexity index is 1470. The van der Waals surface area contributed by atoms with Gasteiger partial charge in [-0.25, -0.2) is 4.98 Å². The number of anilines is 1. The maximum atomic E-state index is 12.3. The first kappa shape index (κ1) is 20.8. The Hall–Kier alpha value is -4.12. The van der Waals surface area contributed by atoms with E-state index in [0.29, 0.717) is 11.5 Å². The number of nitrogens with zero attached hydrogens (tertiary/aromatic N) is 2. The lowest BCUT2D eigenvalue weighted by Gasteiger charge is -2.22. The molecule has 0 aliphatic carbocycles. The summed E-state index contributed by atoms with van der Waals surface area (Å²) in [5, 5.41) is 3.59. The van der Waals surface area contributed by atoms with Crippen LogP contribution in [0, 0.1) is 0 Å². The first-order chi connectivity index (χ1) is 15.9. The van der Waals surface area contributed by atoms with E-state index in [9.17, 15) is 4.79 Å². The van der Waals surface area contributed by atoms with Crippen molar-refractivity contribution in [1.82, 2.24) is 9.38 Å². The monoisotopic (exact) mass is 435 g/mol. The molecule has 164 valence electrons. The average molecular weight is 436 g/mol. The standard InChI is InChI=1S/C28H25N3O2/c1-28(2,3)30-27-26(29-25-11-7-8-16-31(25)27)21-14-12-20(13-15-21)24-18-22(32)17-23(33-24)19-9-5-4-6-10-19/h4-18,30H,1-3H3. The van der Waals surface area contributed by atoms with Crippen molar-refractivity contribution in [3.63, 3.8) is 0 Å². The Morgan fingerprint density at radius 1 is 0.788 bits per heavy atom. The normalized spacial score (nSPS) is 11.6. The summed E-state index contributed by atoms with van der Waals surface area (Å²) in [7, 11) is 0. The third-order valence-corrected chi connectivity index (χ3v) is 5.29. The molecule has 0 unspecified atom stereocenters. The van der Waals surface area contributed by atoms with Crippen molar-refractivity contribution in [1.29, 1.82) is 0 Å². The molecule has 3 aromatic heterocycles. The van der Waals surface area contributed by atoms with Crippen LogP contribution >= 0.6 is 0 Å². The molecule has 5 aromatic rings. The Balaban J connectivity index is 1.55. The number of nitrogens with one attached hydrogen (secondary N) is 1. The van der Waals surface area contributed by atoms with E-state index in [1.807, 2.05) is 79.0 Å². The molecule has 5 heteroatoms. The summed E-state index contributed by atoms with van der Waals surface area (Å²) in [6.45, 7) is 6.39. The van der Waals surface area contributed by atoms with E-state index < -0.39 is 0 Å². The third-order valence-electron chi connectivity index (χ3n) is 5.29. The molecular formula is C28H25N3O2. The summed E-state index contributed by atoms with van der Waals surface area (Å²) in [4.78, 5) is 17.2. The minimum Gasteiger partial charge on any atom is -0.456 e. The van der Waals surface area contributed by atoms with Crippen LogP contribution in [0.4, 0.5) is 5.82 Å². The van der Waals surface area contributed by atoms with Crippen LogP contribution in [0.25, 0.3) is 39.6 Å². The lowest BCUT2D eigenvalue weighted by molar-refractivity contribution is 0.580. The summed E-state index contributed by atoms with van der Waals surface area (Å²) < 4.78 is 8.15. The molecule has 0 fully saturated rings.